The molecule has 0 N–H and O–H groups in total. The predicted molar refractivity (Wildman–Crippen MR) is 71.0 cm³/mol. The van der Waals surface area contributed by atoms with E-state index in [2.05, 4.69) is 18.6 Å². The average Bonchev–Trinajstić information content (AvgIpc) is 2.32. The number of hydrogen-bond donors (Lipinski definition) is 0. The number of ether oxygens (including phenoxy) is 1. The first kappa shape index (κ1) is 15.5. The smallest absolute Gasteiger partial charge is 0.306 e. The van der Waals surface area contributed by atoms with Gasteiger partial charge in [0.05, 0.1) is 24.0 Å². The third kappa shape index (κ3) is 3.46. The van der Waals surface area contributed by atoms with Gasteiger partial charge in [0, 0.05) is 0 Å². The van der Waals surface area contributed by atoms with Crippen molar-refractivity contribution in [1.82, 2.24) is 0 Å². The molecular formula is C13H24O4S. The molecule has 0 aromatic heterocycles. The molecule has 0 saturated heterocycles. The van der Waals surface area contributed by atoms with E-state index in [0.29, 0.717) is 11.8 Å². The molecule has 4 atom stereocenters. The zero-order valence-electron chi connectivity index (χ0n) is 11.7. The van der Waals surface area contributed by atoms with Gasteiger partial charge in [0.15, 0.2) is 9.84 Å². The van der Waals surface area contributed by atoms with Crippen molar-refractivity contribution in [2.45, 2.75) is 57.0 Å². The summed E-state index contributed by atoms with van der Waals surface area (Å²) < 4.78 is 29.3. The van der Waals surface area contributed by atoms with Crippen LogP contribution in [0.5, 0.6) is 0 Å². The highest BCUT2D eigenvalue weighted by Gasteiger charge is 2.37. The van der Waals surface area contributed by atoms with Gasteiger partial charge >= 0.3 is 5.97 Å². The molecule has 1 aliphatic rings. The van der Waals surface area contributed by atoms with E-state index in [-0.39, 0.29) is 11.7 Å². The second-order valence-corrected chi connectivity index (χ2v) is 8.22. The quantitative estimate of drug-likeness (QED) is 0.738. The first-order valence-corrected chi connectivity index (χ1v) is 8.19. The largest absolute Gasteiger partial charge is 0.469 e. The van der Waals surface area contributed by atoms with E-state index >= 15 is 0 Å². The fraction of sp³-hybridized carbons (Fsp3) is 0.923. The Morgan fingerprint density at radius 3 is 2.39 bits per heavy atom. The predicted octanol–water partition coefficient (Wildman–Crippen LogP) is 2.18. The monoisotopic (exact) mass is 276 g/mol. The lowest BCUT2D eigenvalue weighted by Crippen LogP contribution is -2.37. The van der Waals surface area contributed by atoms with Gasteiger partial charge in [0.1, 0.15) is 0 Å². The van der Waals surface area contributed by atoms with Crippen molar-refractivity contribution in [2.24, 2.45) is 11.8 Å². The number of sulfone groups is 1. The first-order valence-electron chi connectivity index (χ1n) is 6.58. The van der Waals surface area contributed by atoms with Crippen LogP contribution in [-0.2, 0) is 19.4 Å². The van der Waals surface area contributed by atoms with Crippen LogP contribution in [0.3, 0.4) is 0 Å². The van der Waals surface area contributed by atoms with Gasteiger partial charge in [-0.05, 0) is 38.0 Å². The van der Waals surface area contributed by atoms with Crippen molar-refractivity contribution in [3.8, 4) is 0 Å². The number of carbonyl (C=O) groups is 1. The molecule has 5 heteroatoms. The maximum absolute atomic E-state index is 12.4. The van der Waals surface area contributed by atoms with Crippen LogP contribution in [0.15, 0.2) is 0 Å². The van der Waals surface area contributed by atoms with E-state index in [9.17, 15) is 13.2 Å². The molecule has 0 aromatic rings. The van der Waals surface area contributed by atoms with Crippen LogP contribution < -0.4 is 0 Å². The minimum absolute atomic E-state index is 0.0424. The number of carbonyl (C=O) groups excluding carboxylic acids is 1. The van der Waals surface area contributed by atoms with Gasteiger partial charge in [-0.15, -0.1) is 0 Å². The van der Waals surface area contributed by atoms with Crippen molar-refractivity contribution >= 4 is 15.8 Å². The summed E-state index contributed by atoms with van der Waals surface area (Å²) in [5.74, 6) is 0.569. The minimum atomic E-state index is -3.22. The van der Waals surface area contributed by atoms with E-state index < -0.39 is 21.1 Å². The van der Waals surface area contributed by atoms with Crippen molar-refractivity contribution in [3.05, 3.63) is 0 Å². The lowest BCUT2D eigenvalue weighted by Gasteiger charge is -2.33. The van der Waals surface area contributed by atoms with Crippen LogP contribution in [-0.4, -0.2) is 32.0 Å². The van der Waals surface area contributed by atoms with Crippen LogP contribution in [0.2, 0.25) is 0 Å². The lowest BCUT2D eigenvalue weighted by atomic mass is 9.81. The summed E-state index contributed by atoms with van der Waals surface area (Å²) in [7, 11) is -1.94. The van der Waals surface area contributed by atoms with Gasteiger partial charge in [0.25, 0.3) is 0 Å². The fourth-order valence-electron chi connectivity index (χ4n) is 2.56. The Morgan fingerprint density at radius 1 is 1.28 bits per heavy atom. The normalized spacial score (nSPS) is 30.8. The number of esters is 1. The summed E-state index contributed by atoms with van der Waals surface area (Å²) in [4.78, 5) is 11.2. The molecule has 1 rings (SSSR count). The molecule has 1 aliphatic carbocycles. The minimum Gasteiger partial charge on any atom is -0.469 e. The molecule has 0 bridgehead atoms. The summed E-state index contributed by atoms with van der Waals surface area (Å²) in [5.41, 5.74) is 0. The highest BCUT2D eigenvalue weighted by atomic mass is 32.2. The fourth-order valence-corrected chi connectivity index (χ4v) is 4.62. The Hall–Kier alpha value is -0.580. The SMILES string of the molecule is COC(=O)CC(C)S(=O)(=O)C1CCC(C)C(C)C1. The van der Waals surface area contributed by atoms with Gasteiger partial charge in [-0.1, -0.05) is 13.8 Å². The van der Waals surface area contributed by atoms with E-state index in [4.69, 9.17) is 0 Å². The van der Waals surface area contributed by atoms with Gasteiger partial charge in [0.2, 0.25) is 0 Å². The second-order valence-electron chi connectivity index (χ2n) is 5.57. The summed E-state index contributed by atoms with van der Waals surface area (Å²) >= 11 is 0. The summed E-state index contributed by atoms with van der Waals surface area (Å²) in [5, 5.41) is -0.932. The molecule has 0 amide bonds. The lowest BCUT2D eigenvalue weighted by molar-refractivity contribution is -0.140. The van der Waals surface area contributed by atoms with Gasteiger partial charge in [-0.3, -0.25) is 4.79 Å². The second kappa shape index (κ2) is 6.04. The summed E-state index contributed by atoms with van der Waals surface area (Å²) in [6.07, 6.45) is 2.35. The summed E-state index contributed by atoms with van der Waals surface area (Å²) in [6.45, 7) is 5.89. The van der Waals surface area contributed by atoms with Crippen LogP contribution in [0.1, 0.15) is 46.5 Å². The zero-order chi connectivity index (χ0) is 13.9. The molecule has 106 valence electrons. The van der Waals surface area contributed by atoms with Gasteiger partial charge in [-0.25, -0.2) is 8.42 Å². The highest BCUT2D eigenvalue weighted by Crippen LogP contribution is 2.34. The average molecular weight is 276 g/mol. The maximum atomic E-state index is 12.4. The van der Waals surface area contributed by atoms with Crippen molar-refractivity contribution in [2.75, 3.05) is 7.11 Å². The Balaban J connectivity index is 2.71. The maximum Gasteiger partial charge on any atom is 0.306 e. The molecule has 0 aliphatic heterocycles. The van der Waals surface area contributed by atoms with E-state index in [1.807, 2.05) is 0 Å². The van der Waals surface area contributed by atoms with Crippen molar-refractivity contribution in [1.29, 1.82) is 0 Å². The third-order valence-corrected chi connectivity index (χ3v) is 6.90. The number of rotatable bonds is 4. The molecule has 4 nitrogen and oxygen atoms in total. The third-order valence-electron chi connectivity index (χ3n) is 4.26. The van der Waals surface area contributed by atoms with E-state index in [0.717, 1.165) is 19.3 Å². The van der Waals surface area contributed by atoms with E-state index in [1.165, 1.54) is 7.11 Å². The van der Waals surface area contributed by atoms with Crippen molar-refractivity contribution in [3.63, 3.8) is 0 Å². The first-order chi connectivity index (χ1) is 8.28. The summed E-state index contributed by atoms with van der Waals surface area (Å²) in [6, 6.07) is 0. The molecule has 0 radical (unpaired) electrons. The highest BCUT2D eigenvalue weighted by molar-refractivity contribution is 7.92. The Bertz CT molecular complexity index is 388. The zero-order valence-corrected chi connectivity index (χ0v) is 12.5. The van der Waals surface area contributed by atoms with Crippen LogP contribution in [0.4, 0.5) is 0 Å². The molecule has 0 spiro atoms. The topological polar surface area (TPSA) is 60.4 Å². The molecule has 18 heavy (non-hydrogen) atoms. The van der Waals surface area contributed by atoms with Crippen LogP contribution >= 0.6 is 0 Å². The van der Waals surface area contributed by atoms with E-state index in [1.54, 1.807) is 6.92 Å². The van der Waals surface area contributed by atoms with Crippen molar-refractivity contribution < 1.29 is 17.9 Å². The molecular weight excluding hydrogens is 252 g/mol. The molecule has 4 unspecified atom stereocenters. The van der Waals surface area contributed by atoms with Gasteiger partial charge in [-0.2, -0.15) is 0 Å². The number of methoxy groups -OCH3 is 1. The molecule has 0 aromatic carbocycles. The van der Waals surface area contributed by atoms with Crippen LogP contribution in [0.25, 0.3) is 0 Å². The Kier molecular flexibility index (Phi) is 5.20. The number of hydrogen-bond acceptors (Lipinski definition) is 4. The Labute approximate surface area is 110 Å². The standard InChI is InChI=1S/C13H24O4S/c1-9-5-6-12(7-10(9)2)18(15,16)11(3)8-13(14)17-4/h9-12H,5-8H2,1-4H3. The van der Waals surface area contributed by atoms with Crippen LogP contribution in [0, 0.1) is 11.8 Å². The van der Waals surface area contributed by atoms with Gasteiger partial charge < -0.3 is 4.74 Å². The molecule has 0 heterocycles. The molecule has 1 fully saturated rings. The molecule has 1 saturated carbocycles. The Morgan fingerprint density at radius 2 is 1.89 bits per heavy atom.